The van der Waals surface area contributed by atoms with Crippen LogP contribution in [0.4, 0.5) is 4.39 Å². The van der Waals surface area contributed by atoms with Gasteiger partial charge in [0.15, 0.2) is 0 Å². The Morgan fingerprint density at radius 2 is 1.45 bits per heavy atom. The SMILES string of the molecule is Cc1cc(F)ccc1CN1C(c2ncccc2C)CCCC1c1ncccc1C. The maximum Gasteiger partial charge on any atom is 0.123 e. The van der Waals surface area contributed by atoms with Gasteiger partial charge in [0, 0.05) is 18.9 Å². The fourth-order valence-corrected chi connectivity index (χ4v) is 4.59. The summed E-state index contributed by atoms with van der Waals surface area (Å²) in [5.74, 6) is -0.181. The molecule has 0 N–H and O–H groups in total. The molecule has 0 saturated carbocycles. The molecule has 1 aliphatic heterocycles. The van der Waals surface area contributed by atoms with Crippen LogP contribution in [0.5, 0.6) is 0 Å². The van der Waals surface area contributed by atoms with E-state index < -0.39 is 0 Å². The highest BCUT2D eigenvalue weighted by atomic mass is 19.1. The number of aromatic nitrogens is 2. The van der Waals surface area contributed by atoms with Gasteiger partial charge in [-0.3, -0.25) is 14.9 Å². The van der Waals surface area contributed by atoms with Gasteiger partial charge in [0.2, 0.25) is 0 Å². The quantitative estimate of drug-likeness (QED) is 0.547. The number of halogens is 1. The molecule has 0 bridgehead atoms. The van der Waals surface area contributed by atoms with Crippen molar-refractivity contribution in [3.05, 3.63) is 94.3 Å². The zero-order valence-corrected chi connectivity index (χ0v) is 17.4. The smallest absolute Gasteiger partial charge is 0.123 e. The van der Waals surface area contributed by atoms with Crippen LogP contribution in [0.3, 0.4) is 0 Å². The average Bonchev–Trinajstić information content (AvgIpc) is 2.71. The second kappa shape index (κ2) is 8.42. The molecule has 3 aromatic rings. The van der Waals surface area contributed by atoms with Crippen LogP contribution in [0.25, 0.3) is 0 Å². The van der Waals surface area contributed by atoms with Gasteiger partial charge in [-0.05, 0) is 86.6 Å². The molecule has 0 spiro atoms. The number of hydrogen-bond acceptors (Lipinski definition) is 3. The van der Waals surface area contributed by atoms with Gasteiger partial charge in [-0.2, -0.15) is 0 Å². The van der Waals surface area contributed by atoms with Crippen LogP contribution in [-0.2, 0) is 6.54 Å². The first-order chi connectivity index (χ1) is 14.0. The predicted molar refractivity (Wildman–Crippen MR) is 114 cm³/mol. The second-order valence-corrected chi connectivity index (χ2v) is 8.12. The van der Waals surface area contributed by atoms with E-state index in [0.29, 0.717) is 0 Å². The molecule has 2 unspecified atom stereocenters. The summed E-state index contributed by atoms with van der Waals surface area (Å²) in [6.45, 7) is 7.02. The first-order valence-corrected chi connectivity index (χ1v) is 10.4. The van der Waals surface area contributed by atoms with E-state index in [4.69, 9.17) is 9.97 Å². The summed E-state index contributed by atoms with van der Waals surface area (Å²) in [4.78, 5) is 12.1. The van der Waals surface area contributed by atoms with Crippen LogP contribution >= 0.6 is 0 Å². The molecule has 0 aliphatic carbocycles. The topological polar surface area (TPSA) is 29.0 Å². The Balaban J connectivity index is 1.78. The molecule has 2 aromatic heterocycles. The van der Waals surface area contributed by atoms with Crippen molar-refractivity contribution in [3.63, 3.8) is 0 Å². The number of pyridine rings is 2. The number of benzene rings is 1. The van der Waals surface area contributed by atoms with E-state index in [1.807, 2.05) is 37.5 Å². The molecule has 3 heterocycles. The maximum absolute atomic E-state index is 13.7. The number of hydrogen-bond donors (Lipinski definition) is 0. The highest BCUT2D eigenvalue weighted by Crippen LogP contribution is 2.43. The number of nitrogens with zero attached hydrogens (tertiary/aromatic N) is 3. The molecular weight excluding hydrogens is 361 g/mol. The highest BCUT2D eigenvalue weighted by Gasteiger charge is 2.35. The molecule has 1 aliphatic rings. The third-order valence-electron chi connectivity index (χ3n) is 6.14. The van der Waals surface area contributed by atoms with Crippen molar-refractivity contribution in [2.45, 2.75) is 58.7 Å². The van der Waals surface area contributed by atoms with Crippen LogP contribution in [-0.4, -0.2) is 14.9 Å². The van der Waals surface area contributed by atoms with Crippen molar-refractivity contribution in [2.24, 2.45) is 0 Å². The van der Waals surface area contributed by atoms with E-state index in [-0.39, 0.29) is 17.9 Å². The Kier molecular flexibility index (Phi) is 5.72. The van der Waals surface area contributed by atoms with E-state index in [9.17, 15) is 4.39 Å². The van der Waals surface area contributed by atoms with Crippen molar-refractivity contribution in [1.82, 2.24) is 14.9 Å². The van der Waals surface area contributed by atoms with Crippen molar-refractivity contribution >= 4 is 0 Å². The Hall–Kier alpha value is -2.59. The molecular formula is C25H28FN3. The van der Waals surface area contributed by atoms with Crippen LogP contribution in [0.15, 0.2) is 54.9 Å². The van der Waals surface area contributed by atoms with Crippen LogP contribution in [0, 0.1) is 26.6 Å². The summed E-state index contributed by atoms with van der Waals surface area (Å²) >= 11 is 0. The number of rotatable bonds is 4. The summed E-state index contributed by atoms with van der Waals surface area (Å²) < 4.78 is 13.7. The zero-order chi connectivity index (χ0) is 20.4. The lowest BCUT2D eigenvalue weighted by molar-refractivity contribution is 0.0676. The standard InChI is InChI=1S/C25H28FN3/c1-17-7-5-13-27-24(17)22-9-4-10-23(25-18(2)8-6-14-28-25)29(22)16-20-11-12-21(26)15-19(20)3/h5-8,11-15,22-23H,4,9-10,16H2,1-3H3. The van der Waals surface area contributed by atoms with Gasteiger partial charge in [-0.15, -0.1) is 0 Å². The van der Waals surface area contributed by atoms with Gasteiger partial charge in [0.05, 0.1) is 23.5 Å². The van der Waals surface area contributed by atoms with Crippen molar-refractivity contribution in [2.75, 3.05) is 0 Å². The van der Waals surface area contributed by atoms with Gasteiger partial charge < -0.3 is 0 Å². The minimum atomic E-state index is -0.181. The van der Waals surface area contributed by atoms with E-state index in [0.717, 1.165) is 48.3 Å². The van der Waals surface area contributed by atoms with Gasteiger partial charge in [-0.1, -0.05) is 18.2 Å². The normalized spacial score (nSPS) is 20.0. The molecule has 1 fully saturated rings. The van der Waals surface area contributed by atoms with E-state index in [1.165, 1.54) is 11.1 Å². The van der Waals surface area contributed by atoms with Gasteiger partial charge in [0.25, 0.3) is 0 Å². The molecule has 4 rings (SSSR count). The number of likely N-dealkylation sites (tertiary alicyclic amines) is 1. The lowest BCUT2D eigenvalue weighted by Gasteiger charge is -2.42. The third-order valence-corrected chi connectivity index (χ3v) is 6.14. The lowest BCUT2D eigenvalue weighted by Crippen LogP contribution is -2.37. The Morgan fingerprint density at radius 3 is 1.97 bits per heavy atom. The van der Waals surface area contributed by atoms with E-state index in [1.54, 1.807) is 12.1 Å². The van der Waals surface area contributed by atoms with Crippen LogP contribution < -0.4 is 0 Å². The Labute approximate surface area is 172 Å². The molecule has 2 atom stereocenters. The summed E-state index contributed by atoms with van der Waals surface area (Å²) in [6.07, 6.45) is 7.06. The number of piperidine rings is 1. The summed E-state index contributed by atoms with van der Waals surface area (Å²) in [5.41, 5.74) is 6.87. The van der Waals surface area contributed by atoms with Gasteiger partial charge in [-0.25, -0.2) is 4.39 Å². The average molecular weight is 390 g/mol. The second-order valence-electron chi connectivity index (χ2n) is 8.12. The molecule has 150 valence electrons. The monoisotopic (exact) mass is 389 g/mol. The molecule has 3 nitrogen and oxygen atoms in total. The number of aryl methyl sites for hydroxylation is 3. The fraction of sp³-hybridized carbons (Fsp3) is 0.360. The first-order valence-electron chi connectivity index (χ1n) is 10.4. The molecule has 29 heavy (non-hydrogen) atoms. The van der Waals surface area contributed by atoms with E-state index in [2.05, 4.69) is 30.9 Å². The van der Waals surface area contributed by atoms with Gasteiger partial charge >= 0.3 is 0 Å². The Morgan fingerprint density at radius 1 is 0.862 bits per heavy atom. The Bertz CT molecular complexity index is 947. The minimum Gasteiger partial charge on any atom is -0.282 e. The summed E-state index contributed by atoms with van der Waals surface area (Å²) in [6, 6.07) is 13.8. The van der Waals surface area contributed by atoms with Crippen LogP contribution in [0.2, 0.25) is 0 Å². The highest BCUT2D eigenvalue weighted by molar-refractivity contribution is 5.30. The minimum absolute atomic E-state index is 0.181. The fourth-order valence-electron chi connectivity index (χ4n) is 4.59. The van der Waals surface area contributed by atoms with Gasteiger partial charge in [0.1, 0.15) is 5.82 Å². The molecule has 1 saturated heterocycles. The van der Waals surface area contributed by atoms with Crippen LogP contribution in [0.1, 0.15) is 65.0 Å². The third kappa shape index (κ3) is 4.08. The zero-order valence-electron chi connectivity index (χ0n) is 17.4. The largest absolute Gasteiger partial charge is 0.282 e. The lowest BCUT2D eigenvalue weighted by atomic mass is 9.88. The maximum atomic E-state index is 13.7. The predicted octanol–water partition coefficient (Wildman–Crippen LogP) is 6.01. The molecule has 0 radical (unpaired) electrons. The van der Waals surface area contributed by atoms with Crippen molar-refractivity contribution < 1.29 is 4.39 Å². The molecule has 1 aromatic carbocycles. The van der Waals surface area contributed by atoms with E-state index >= 15 is 0 Å². The summed E-state index contributed by atoms with van der Waals surface area (Å²) in [5, 5.41) is 0. The van der Waals surface area contributed by atoms with Crippen molar-refractivity contribution in [3.8, 4) is 0 Å². The van der Waals surface area contributed by atoms with Crippen molar-refractivity contribution in [1.29, 1.82) is 0 Å². The first kappa shape index (κ1) is 19.7. The molecule has 4 heteroatoms. The summed E-state index contributed by atoms with van der Waals surface area (Å²) in [7, 11) is 0. The molecule has 0 amide bonds.